The summed E-state index contributed by atoms with van der Waals surface area (Å²) in [5.41, 5.74) is 0.926. The van der Waals surface area contributed by atoms with Crippen molar-refractivity contribution >= 4 is 11.9 Å². The molecule has 0 radical (unpaired) electrons. The fourth-order valence-electron chi connectivity index (χ4n) is 3.49. The molecule has 1 amide bonds. The number of aromatic nitrogens is 4. The highest BCUT2D eigenvalue weighted by Gasteiger charge is 2.30. The number of benzene rings is 1. The standard InChI is InChI=1S/C18H23N5O4/c1-27-16-9-8-12(10-15(16)23-11-19-21-22-23)17(24)20-14-7-5-3-2-4-6-13(14)18(25)26/h8-11,13-14H,2-7H2,1H3,(H,20,24)(H,25,26). The molecule has 9 heteroatoms. The predicted molar refractivity (Wildman–Crippen MR) is 95.8 cm³/mol. The minimum Gasteiger partial charge on any atom is -0.494 e. The Balaban J connectivity index is 1.82. The summed E-state index contributed by atoms with van der Waals surface area (Å²) in [6, 6.07) is 4.55. The van der Waals surface area contributed by atoms with Gasteiger partial charge in [-0.1, -0.05) is 25.7 Å². The van der Waals surface area contributed by atoms with Gasteiger partial charge in [0.15, 0.2) is 0 Å². The molecule has 2 unspecified atom stereocenters. The number of tetrazole rings is 1. The lowest BCUT2D eigenvalue weighted by molar-refractivity contribution is -0.143. The Hall–Kier alpha value is -2.97. The van der Waals surface area contributed by atoms with Gasteiger partial charge in [-0.25, -0.2) is 0 Å². The second-order valence-corrected chi connectivity index (χ2v) is 6.66. The maximum atomic E-state index is 12.8. The van der Waals surface area contributed by atoms with Crippen molar-refractivity contribution in [3.05, 3.63) is 30.1 Å². The molecule has 1 heterocycles. The van der Waals surface area contributed by atoms with Crippen molar-refractivity contribution < 1.29 is 19.4 Å². The quantitative estimate of drug-likeness (QED) is 0.820. The van der Waals surface area contributed by atoms with E-state index in [2.05, 4.69) is 20.8 Å². The number of carbonyl (C=O) groups is 2. The van der Waals surface area contributed by atoms with Crippen LogP contribution >= 0.6 is 0 Å². The fourth-order valence-corrected chi connectivity index (χ4v) is 3.49. The molecule has 1 aromatic heterocycles. The molecular weight excluding hydrogens is 350 g/mol. The summed E-state index contributed by atoms with van der Waals surface area (Å²) in [5, 5.41) is 23.5. The van der Waals surface area contributed by atoms with E-state index in [1.54, 1.807) is 18.2 Å². The van der Waals surface area contributed by atoms with E-state index in [9.17, 15) is 14.7 Å². The lowest BCUT2D eigenvalue weighted by atomic mass is 9.86. The first-order chi connectivity index (χ1) is 13.1. The Bertz CT molecular complexity index is 793. The van der Waals surface area contributed by atoms with Crippen molar-refractivity contribution in [2.24, 2.45) is 5.92 Å². The third kappa shape index (κ3) is 4.42. The zero-order chi connectivity index (χ0) is 19.2. The highest BCUT2D eigenvalue weighted by Crippen LogP contribution is 2.25. The molecule has 144 valence electrons. The molecule has 1 aliphatic rings. The number of methoxy groups -OCH3 is 1. The number of hydrogen-bond acceptors (Lipinski definition) is 6. The molecule has 2 N–H and O–H groups in total. The van der Waals surface area contributed by atoms with E-state index in [1.807, 2.05) is 0 Å². The molecule has 27 heavy (non-hydrogen) atoms. The van der Waals surface area contributed by atoms with Crippen molar-refractivity contribution in [1.82, 2.24) is 25.5 Å². The van der Waals surface area contributed by atoms with E-state index in [1.165, 1.54) is 18.1 Å². The SMILES string of the molecule is COc1ccc(C(=O)NC2CCCCCCC2C(=O)O)cc1-n1cnnn1. The monoisotopic (exact) mass is 373 g/mol. The van der Waals surface area contributed by atoms with Crippen molar-refractivity contribution in [3.8, 4) is 11.4 Å². The first-order valence-electron chi connectivity index (χ1n) is 9.05. The molecule has 0 spiro atoms. The minimum absolute atomic E-state index is 0.316. The van der Waals surface area contributed by atoms with Crippen LogP contribution in [0.5, 0.6) is 5.75 Å². The van der Waals surface area contributed by atoms with Gasteiger partial charge in [0.1, 0.15) is 17.8 Å². The average molecular weight is 373 g/mol. The molecule has 3 rings (SSSR count). The maximum absolute atomic E-state index is 12.8. The molecule has 1 saturated carbocycles. The van der Waals surface area contributed by atoms with E-state index in [-0.39, 0.29) is 11.9 Å². The van der Waals surface area contributed by atoms with Crippen molar-refractivity contribution in [3.63, 3.8) is 0 Å². The number of ether oxygens (including phenoxy) is 1. The van der Waals surface area contributed by atoms with Gasteiger partial charge in [0, 0.05) is 11.6 Å². The summed E-state index contributed by atoms with van der Waals surface area (Å²) in [4.78, 5) is 24.4. The van der Waals surface area contributed by atoms with E-state index >= 15 is 0 Å². The molecule has 9 nitrogen and oxygen atoms in total. The number of carboxylic acids is 1. The number of carboxylic acid groups (broad SMARTS) is 1. The minimum atomic E-state index is -0.855. The third-order valence-electron chi connectivity index (χ3n) is 4.94. The Morgan fingerprint density at radius 1 is 1.22 bits per heavy atom. The summed E-state index contributed by atoms with van der Waals surface area (Å²) in [6.45, 7) is 0. The second kappa shape index (κ2) is 8.61. The zero-order valence-corrected chi connectivity index (χ0v) is 15.2. The summed E-state index contributed by atoms with van der Waals surface area (Å²) in [6.07, 6.45) is 6.54. The highest BCUT2D eigenvalue weighted by atomic mass is 16.5. The van der Waals surface area contributed by atoms with Crippen molar-refractivity contribution in [2.45, 2.75) is 44.6 Å². The van der Waals surface area contributed by atoms with E-state index in [0.717, 1.165) is 25.7 Å². The van der Waals surface area contributed by atoms with Crippen LogP contribution in [0.2, 0.25) is 0 Å². The first kappa shape index (κ1) is 18.8. The van der Waals surface area contributed by atoms with Gasteiger partial charge in [0.2, 0.25) is 0 Å². The third-order valence-corrected chi connectivity index (χ3v) is 4.94. The molecular formula is C18H23N5O4. The van der Waals surface area contributed by atoms with Crippen molar-refractivity contribution in [2.75, 3.05) is 7.11 Å². The molecule has 2 aromatic rings. The van der Waals surface area contributed by atoms with E-state index < -0.39 is 11.9 Å². The maximum Gasteiger partial charge on any atom is 0.308 e. The van der Waals surface area contributed by atoms with E-state index in [4.69, 9.17) is 4.74 Å². The molecule has 0 aliphatic heterocycles. The van der Waals surface area contributed by atoms with Gasteiger partial charge in [-0.3, -0.25) is 9.59 Å². The van der Waals surface area contributed by atoms with Gasteiger partial charge in [-0.05, 0) is 41.5 Å². The molecule has 1 fully saturated rings. The predicted octanol–water partition coefficient (Wildman–Crippen LogP) is 1.82. The van der Waals surface area contributed by atoms with Gasteiger partial charge in [-0.15, -0.1) is 5.10 Å². The largest absolute Gasteiger partial charge is 0.494 e. The van der Waals surface area contributed by atoms with Crippen LogP contribution in [0.3, 0.4) is 0 Å². The second-order valence-electron chi connectivity index (χ2n) is 6.66. The van der Waals surface area contributed by atoms with Crippen molar-refractivity contribution in [1.29, 1.82) is 0 Å². The van der Waals surface area contributed by atoms with Crippen LogP contribution in [0.25, 0.3) is 5.69 Å². The Morgan fingerprint density at radius 2 is 2.00 bits per heavy atom. The van der Waals surface area contributed by atoms with Crippen LogP contribution < -0.4 is 10.1 Å². The zero-order valence-electron chi connectivity index (χ0n) is 15.2. The van der Waals surface area contributed by atoms with Gasteiger partial charge < -0.3 is 15.2 Å². The molecule has 1 aliphatic carbocycles. The molecule has 0 saturated heterocycles. The molecule has 1 aromatic carbocycles. The van der Waals surface area contributed by atoms with Crippen LogP contribution in [0, 0.1) is 5.92 Å². The number of aliphatic carboxylic acids is 1. The summed E-state index contributed by atoms with van der Waals surface area (Å²) in [7, 11) is 1.52. The van der Waals surface area contributed by atoms with Crippen LogP contribution in [0.1, 0.15) is 48.9 Å². The van der Waals surface area contributed by atoms with Crippen LogP contribution in [0.15, 0.2) is 24.5 Å². The molecule has 2 atom stereocenters. The summed E-state index contributed by atoms with van der Waals surface area (Å²) in [5.74, 6) is -1.21. The smallest absolute Gasteiger partial charge is 0.308 e. The lowest BCUT2D eigenvalue weighted by Crippen LogP contribution is -2.44. The lowest BCUT2D eigenvalue weighted by Gasteiger charge is -2.27. The number of nitrogens with zero attached hydrogens (tertiary/aromatic N) is 4. The van der Waals surface area contributed by atoms with Crippen LogP contribution in [0.4, 0.5) is 0 Å². The fraction of sp³-hybridized carbons (Fsp3) is 0.500. The van der Waals surface area contributed by atoms with Gasteiger partial charge >= 0.3 is 5.97 Å². The summed E-state index contributed by atoms with van der Waals surface area (Å²) >= 11 is 0. The van der Waals surface area contributed by atoms with Crippen LogP contribution in [-0.2, 0) is 4.79 Å². The molecule has 0 bridgehead atoms. The number of amides is 1. The number of nitrogens with one attached hydrogen (secondary N) is 1. The van der Waals surface area contributed by atoms with Gasteiger partial charge in [-0.2, -0.15) is 4.68 Å². The first-order valence-corrected chi connectivity index (χ1v) is 9.05. The van der Waals surface area contributed by atoms with Gasteiger partial charge in [0.05, 0.1) is 13.0 Å². The normalized spacial score (nSPS) is 20.3. The topological polar surface area (TPSA) is 119 Å². The Morgan fingerprint density at radius 3 is 2.67 bits per heavy atom. The number of rotatable bonds is 5. The summed E-state index contributed by atoms with van der Waals surface area (Å²) < 4.78 is 6.72. The average Bonchev–Trinajstić information content (AvgIpc) is 3.17. The van der Waals surface area contributed by atoms with Crippen LogP contribution in [-0.4, -0.2) is 50.3 Å². The Kier molecular flexibility index (Phi) is 6.00. The number of hydrogen-bond donors (Lipinski definition) is 2. The Labute approximate surface area is 156 Å². The number of carbonyl (C=O) groups excluding carboxylic acids is 1. The van der Waals surface area contributed by atoms with Gasteiger partial charge in [0.25, 0.3) is 5.91 Å². The highest BCUT2D eigenvalue weighted by molar-refractivity contribution is 5.95. The van der Waals surface area contributed by atoms with E-state index in [0.29, 0.717) is 29.8 Å².